The molecule has 0 heterocycles. The van der Waals surface area contributed by atoms with Crippen LogP contribution in [0.25, 0.3) is 0 Å². The van der Waals surface area contributed by atoms with E-state index in [1.807, 2.05) is 4.90 Å². The Morgan fingerprint density at radius 2 is 0.562 bits per heavy atom. The van der Waals surface area contributed by atoms with Crippen molar-refractivity contribution in [2.24, 2.45) is 0 Å². The maximum Gasteiger partial charge on any atom is 0.307 e. The minimum Gasteiger partial charge on any atom is -0.466 e. The number of rotatable bonds is 76. The van der Waals surface area contributed by atoms with Crippen LogP contribution in [-0.4, -0.2) is 122 Å². The number of carbonyl (C=O) groups is 4. The lowest BCUT2D eigenvalue weighted by molar-refractivity contribution is -0.150. The first kappa shape index (κ1) is 99.1. The summed E-state index contributed by atoms with van der Waals surface area (Å²) in [6.45, 7) is 12.9. The van der Waals surface area contributed by atoms with Gasteiger partial charge in [-0.2, -0.15) is 0 Å². The van der Waals surface area contributed by atoms with Crippen LogP contribution in [0.5, 0.6) is 0 Å². The molecule has 105 heavy (non-hydrogen) atoms. The first-order chi connectivity index (χ1) is 51.7. The zero-order chi connectivity index (χ0) is 76.1. The van der Waals surface area contributed by atoms with Crippen molar-refractivity contribution in [3.63, 3.8) is 0 Å². The Morgan fingerprint density at radius 3 is 0.886 bits per heavy atom. The second-order valence-electron chi connectivity index (χ2n) is 27.5. The van der Waals surface area contributed by atoms with Crippen molar-refractivity contribution < 1.29 is 48.3 Å². The summed E-state index contributed by atoms with van der Waals surface area (Å²) in [6, 6.07) is 0. The van der Waals surface area contributed by atoms with E-state index >= 15 is 0 Å². The third-order valence-corrected chi connectivity index (χ3v) is 17.8. The Morgan fingerprint density at radius 1 is 0.276 bits per heavy atom. The van der Waals surface area contributed by atoms with E-state index in [2.05, 4.69) is 203 Å². The highest BCUT2D eigenvalue weighted by Gasteiger charge is 2.16. The van der Waals surface area contributed by atoms with Crippen LogP contribution in [0, 0.1) is 0 Å². The molecule has 0 rings (SSSR count). The number of hydrogen-bond acceptors (Lipinski definition) is 12. The van der Waals surface area contributed by atoms with Gasteiger partial charge in [-0.3, -0.25) is 24.1 Å². The Bertz CT molecular complexity index is 2260. The quantitative estimate of drug-likeness (QED) is 0.0258. The lowest BCUT2D eigenvalue weighted by Crippen LogP contribution is -2.35. The maximum absolute atomic E-state index is 12.9. The third kappa shape index (κ3) is 77.5. The standard InChI is InChI=1S/C93H154N2O10/c1-5-9-13-17-19-21-23-25-27-29-31-33-35-37-39-45-51-57-65-74-92(100)104-88(70-61-15-11-7-3)72-63-55-49-43-41-47-53-59-67-86-102-90(98)76-80-94(78-69-79-95(82-84-96)83-85-97)81-77-91(99)103-87-68-60-54-48-42-44-50-56-64-73-89(71-62-16-12-8-4)105-93(101)75-66-58-52-46-40-38-36-34-32-30-28-26-24-22-20-18-14-10-6-2/h9-10,13-14,19-22,25-28,31-34,37-40,51-52,55-58,63-64,88-89,96-97H,5-8,11-12,15-18,23-24,29-30,35-36,41-50,53-54,59-62,65-87H2,1-4H3/b13-9-,14-10-,21-19-,22-20-,27-25-,28-26-,33-31-,34-32-,39-37-,40-38-,57-51-,58-52-,63-55-,64-56-. The number of nitrogens with zero attached hydrogens (tertiary/aromatic N) is 2. The van der Waals surface area contributed by atoms with Crippen molar-refractivity contribution >= 4 is 23.9 Å². The largest absolute Gasteiger partial charge is 0.466 e. The van der Waals surface area contributed by atoms with Crippen LogP contribution < -0.4 is 0 Å². The van der Waals surface area contributed by atoms with Gasteiger partial charge in [-0.25, -0.2) is 0 Å². The molecule has 2 unspecified atom stereocenters. The van der Waals surface area contributed by atoms with Gasteiger partial charge in [0, 0.05) is 51.9 Å². The molecule has 0 aliphatic rings. The Kier molecular flexibility index (Phi) is 79.0. The first-order valence-corrected chi connectivity index (χ1v) is 42.2. The minimum absolute atomic E-state index is 0.0175. The predicted octanol–water partition coefficient (Wildman–Crippen LogP) is 23.9. The topological polar surface area (TPSA) is 152 Å². The fourth-order valence-corrected chi connectivity index (χ4v) is 11.6. The van der Waals surface area contributed by atoms with E-state index in [-0.39, 0.29) is 62.1 Å². The van der Waals surface area contributed by atoms with Gasteiger partial charge < -0.3 is 34.1 Å². The molecule has 0 bridgehead atoms. The molecule has 0 saturated heterocycles. The molecule has 0 radical (unpaired) electrons. The van der Waals surface area contributed by atoms with Gasteiger partial charge in [0.25, 0.3) is 0 Å². The van der Waals surface area contributed by atoms with Crippen molar-refractivity contribution in [1.82, 2.24) is 9.80 Å². The molecule has 0 spiro atoms. The molecular formula is C93H154N2O10. The van der Waals surface area contributed by atoms with Crippen LogP contribution in [0.15, 0.2) is 170 Å². The molecule has 0 aromatic rings. The normalized spacial score (nSPS) is 13.3. The van der Waals surface area contributed by atoms with Crippen molar-refractivity contribution in [2.45, 2.75) is 329 Å². The number of ether oxygens (including phenoxy) is 4. The van der Waals surface area contributed by atoms with Crippen LogP contribution in [0.3, 0.4) is 0 Å². The number of carbonyl (C=O) groups excluding carboxylic acids is 4. The molecule has 0 amide bonds. The SMILES string of the molecule is CC/C=C\C/C=C\C/C=C\C/C=C\C/C=C\C/C=C\CCC(=O)OC(C/C=C\CCCCCCCCOC(=O)CCN(CCCN(CCO)CCO)CCC(=O)OCCCCCCCC/C=C\CC(CCCCCC)OC(=O)CC/C=C\C/C=C\C/C=C\C/C=C\C/C=C\C/C=C\CC)CCCCCC. The van der Waals surface area contributed by atoms with Crippen LogP contribution in [0.4, 0.5) is 0 Å². The molecule has 12 heteroatoms. The lowest BCUT2D eigenvalue weighted by atomic mass is 10.1. The summed E-state index contributed by atoms with van der Waals surface area (Å²) in [5.74, 6) is -0.675. The molecule has 0 saturated carbocycles. The zero-order valence-corrected chi connectivity index (χ0v) is 67.3. The van der Waals surface area contributed by atoms with Gasteiger partial charge in [-0.05, 0) is 174 Å². The van der Waals surface area contributed by atoms with E-state index < -0.39 is 0 Å². The molecular weight excluding hydrogens is 1310 g/mol. The van der Waals surface area contributed by atoms with Crippen molar-refractivity contribution in [3.8, 4) is 0 Å². The molecule has 0 fully saturated rings. The fourth-order valence-electron chi connectivity index (χ4n) is 11.6. The van der Waals surface area contributed by atoms with Crippen molar-refractivity contribution in [3.05, 3.63) is 170 Å². The van der Waals surface area contributed by atoms with Crippen molar-refractivity contribution in [1.29, 1.82) is 0 Å². The van der Waals surface area contributed by atoms with Crippen LogP contribution >= 0.6 is 0 Å². The smallest absolute Gasteiger partial charge is 0.307 e. The molecule has 0 aromatic carbocycles. The van der Waals surface area contributed by atoms with E-state index in [1.165, 1.54) is 38.5 Å². The Balaban J connectivity index is 4.55. The monoisotopic (exact) mass is 1460 g/mol. The van der Waals surface area contributed by atoms with Crippen LogP contribution in [-0.2, 0) is 38.1 Å². The van der Waals surface area contributed by atoms with E-state index in [0.29, 0.717) is 78.2 Å². The summed E-state index contributed by atoms with van der Waals surface area (Å²) in [4.78, 5) is 55.6. The van der Waals surface area contributed by atoms with Crippen LogP contribution in [0.2, 0.25) is 0 Å². The highest BCUT2D eigenvalue weighted by molar-refractivity contribution is 5.71. The summed E-state index contributed by atoms with van der Waals surface area (Å²) in [5.41, 5.74) is 0. The Labute approximate surface area is 643 Å². The number of aliphatic hydroxyl groups is 2. The van der Waals surface area contributed by atoms with E-state index in [4.69, 9.17) is 18.9 Å². The number of aliphatic hydroxyl groups excluding tert-OH is 2. The molecule has 2 atom stereocenters. The summed E-state index contributed by atoms with van der Waals surface area (Å²) in [6.07, 6.45) is 104. The number of esters is 4. The molecule has 0 aliphatic carbocycles. The molecule has 0 aromatic heterocycles. The fraction of sp³-hybridized carbons (Fsp3) is 0.656. The predicted molar refractivity (Wildman–Crippen MR) is 447 cm³/mol. The minimum atomic E-state index is -0.229. The van der Waals surface area contributed by atoms with Gasteiger partial charge in [0.2, 0.25) is 0 Å². The van der Waals surface area contributed by atoms with Gasteiger partial charge in [0.15, 0.2) is 0 Å². The zero-order valence-electron chi connectivity index (χ0n) is 67.3. The Hall–Kier alpha value is -5.92. The van der Waals surface area contributed by atoms with Gasteiger partial charge in [0.1, 0.15) is 12.2 Å². The first-order valence-electron chi connectivity index (χ1n) is 42.2. The highest BCUT2D eigenvalue weighted by atomic mass is 16.6. The van der Waals surface area contributed by atoms with Crippen molar-refractivity contribution in [2.75, 3.05) is 65.7 Å². The summed E-state index contributed by atoms with van der Waals surface area (Å²) >= 11 is 0. The van der Waals surface area contributed by atoms with Gasteiger partial charge in [-0.1, -0.05) is 288 Å². The average molecular weight is 1460 g/mol. The average Bonchev–Trinajstić information content (AvgIpc) is 3.65. The number of hydrogen-bond donors (Lipinski definition) is 2. The number of allylic oxidation sites excluding steroid dienone is 26. The third-order valence-electron chi connectivity index (χ3n) is 17.8. The van der Waals surface area contributed by atoms with E-state index in [9.17, 15) is 29.4 Å². The molecule has 2 N–H and O–H groups in total. The van der Waals surface area contributed by atoms with Gasteiger partial charge >= 0.3 is 23.9 Å². The van der Waals surface area contributed by atoms with Gasteiger partial charge in [-0.15, -0.1) is 0 Å². The second-order valence-corrected chi connectivity index (χ2v) is 27.5. The van der Waals surface area contributed by atoms with Crippen LogP contribution in [0.1, 0.15) is 317 Å². The van der Waals surface area contributed by atoms with E-state index in [1.54, 1.807) is 0 Å². The molecule has 12 nitrogen and oxygen atoms in total. The maximum atomic E-state index is 12.9. The molecule has 596 valence electrons. The summed E-state index contributed by atoms with van der Waals surface area (Å²) in [5, 5.41) is 19.0. The highest BCUT2D eigenvalue weighted by Crippen LogP contribution is 2.18. The molecule has 0 aliphatic heterocycles. The van der Waals surface area contributed by atoms with E-state index in [0.717, 1.165) is 212 Å². The second kappa shape index (κ2) is 83.7. The lowest BCUT2D eigenvalue weighted by Gasteiger charge is -2.24. The van der Waals surface area contributed by atoms with Gasteiger partial charge in [0.05, 0.1) is 39.3 Å². The number of unbranched alkanes of at least 4 members (excludes halogenated alkanes) is 18. The summed E-state index contributed by atoms with van der Waals surface area (Å²) in [7, 11) is 0. The summed E-state index contributed by atoms with van der Waals surface area (Å²) < 4.78 is 23.3.